The Labute approximate surface area is 112 Å². The summed E-state index contributed by atoms with van der Waals surface area (Å²) in [5, 5.41) is 9.58. The van der Waals surface area contributed by atoms with Crippen LogP contribution in [0.4, 0.5) is 0 Å². The molecule has 0 aliphatic carbocycles. The number of aryl methyl sites for hydroxylation is 1. The van der Waals surface area contributed by atoms with Crippen LogP contribution in [0, 0.1) is 12.8 Å². The average Bonchev–Trinajstić information content (AvgIpc) is 2.29. The van der Waals surface area contributed by atoms with Crippen molar-refractivity contribution in [3.63, 3.8) is 0 Å². The van der Waals surface area contributed by atoms with Gasteiger partial charge in [0.25, 0.3) is 0 Å². The number of amides is 1. The fourth-order valence-corrected chi connectivity index (χ4v) is 2.04. The molecule has 0 radical (unpaired) electrons. The summed E-state index contributed by atoms with van der Waals surface area (Å²) in [6.07, 6.45) is 3.31. The minimum atomic E-state index is -0.0172. The first kappa shape index (κ1) is 13.1. The fraction of sp³-hybridized carbons (Fsp3) is 0.357. The number of nitrogens with zero attached hydrogens (tertiary/aromatic N) is 1. The molecule has 2 rings (SSSR count). The van der Waals surface area contributed by atoms with Crippen LogP contribution in [0.15, 0.2) is 24.3 Å². The van der Waals surface area contributed by atoms with Gasteiger partial charge in [-0.2, -0.15) is 0 Å². The third kappa shape index (κ3) is 2.92. The molecular formula is C14H16ClNO2. The molecule has 1 N–H and O–H groups in total. The Balaban J connectivity index is 1.94. The highest BCUT2D eigenvalue weighted by atomic mass is 35.5. The van der Waals surface area contributed by atoms with Crippen molar-refractivity contribution in [2.24, 2.45) is 5.92 Å². The van der Waals surface area contributed by atoms with Crippen molar-refractivity contribution >= 4 is 23.6 Å². The summed E-state index contributed by atoms with van der Waals surface area (Å²) in [5.41, 5.74) is 1.94. The first-order valence-corrected chi connectivity index (χ1v) is 6.32. The molecule has 1 aliphatic heterocycles. The highest BCUT2D eigenvalue weighted by Crippen LogP contribution is 2.18. The molecule has 0 unspecified atom stereocenters. The number of likely N-dealkylation sites (tertiary alicyclic amines) is 1. The Bertz CT molecular complexity index is 479. The van der Waals surface area contributed by atoms with Gasteiger partial charge in [-0.05, 0) is 30.2 Å². The maximum Gasteiger partial charge on any atom is 0.246 e. The largest absolute Gasteiger partial charge is 0.396 e. The molecule has 1 saturated heterocycles. The van der Waals surface area contributed by atoms with Crippen molar-refractivity contribution in [1.82, 2.24) is 4.90 Å². The number of halogens is 1. The lowest BCUT2D eigenvalue weighted by Gasteiger charge is -2.37. The number of hydrogen-bond donors (Lipinski definition) is 1. The van der Waals surface area contributed by atoms with Crippen LogP contribution in [0.2, 0.25) is 5.02 Å². The summed E-state index contributed by atoms with van der Waals surface area (Å²) in [7, 11) is 0. The Hall–Kier alpha value is -1.32. The third-order valence-electron chi connectivity index (χ3n) is 3.14. The number of hydrogen-bond acceptors (Lipinski definition) is 2. The smallest absolute Gasteiger partial charge is 0.246 e. The minimum Gasteiger partial charge on any atom is -0.396 e. The van der Waals surface area contributed by atoms with E-state index in [1.165, 1.54) is 0 Å². The number of aliphatic hydroxyl groups excluding tert-OH is 1. The molecule has 3 nitrogen and oxygen atoms in total. The molecule has 0 aromatic heterocycles. The maximum absolute atomic E-state index is 11.7. The van der Waals surface area contributed by atoms with Gasteiger partial charge < -0.3 is 10.0 Å². The number of aliphatic hydroxyl groups is 1. The first-order chi connectivity index (χ1) is 8.60. The molecule has 1 aliphatic rings. The van der Waals surface area contributed by atoms with Gasteiger partial charge in [0.15, 0.2) is 0 Å². The van der Waals surface area contributed by atoms with Gasteiger partial charge in [0, 0.05) is 36.7 Å². The highest BCUT2D eigenvalue weighted by Gasteiger charge is 2.28. The van der Waals surface area contributed by atoms with Crippen molar-refractivity contribution in [2.45, 2.75) is 6.92 Å². The van der Waals surface area contributed by atoms with Crippen molar-refractivity contribution in [3.05, 3.63) is 40.4 Å². The van der Waals surface area contributed by atoms with E-state index < -0.39 is 0 Å². The molecule has 0 saturated carbocycles. The van der Waals surface area contributed by atoms with E-state index in [1.807, 2.05) is 25.1 Å². The van der Waals surface area contributed by atoms with Gasteiger partial charge in [-0.3, -0.25) is 4.79 Å². The van der Waals surface area contributed by atoms with E-state index in [0.717, 1.165) is 11.1 Å². The standard InChI is InChI=1S/C14H16ClNO2/c1-10-2-3-11(6-13(10)15)4-5-14(18)16-7-12(8-16)9-17/h2-6,12,17H,7-9H2,1H3. The second-order valence-corrected chi connectivity index (χ2v) is 5.04. The lowest BCUT2D eigenvalue weighted by atomic mass is 10.0. The van der Waals surface area contributed by atoms with E-state index in [2.05, 4.69) is 0 Å². The number of carbonyl (C=O) groups excluding carboxylic acids is 1. The maximum atomic E-state index is 11.7. The minimum absolute atomic E-state index is 0.0172. The predicted octanol–water partition coefficient (Wildman–Crippen LogP) is 2.11. The molecule has 0 bridgehead atoms. The van der Waals surface area contributed by atoms with Crippen LogP contribution in [0.25, 0.3) is 6.08 Å². The Kier molecular flexibility index (Phi) is 4.04. The molecular weight excluding hydrogens is 250 g/mol. The Morgan fingerprint density at radius 2 is 2.28 bits per heavy atom. The molecule has 1 amide bonds. The molecule has 18 heavy (non-hydrogen) atoms. The number of carbonyl (C=O) groups is 1. The normalized spacial score (nSPS) is 16.1. The first-order valence-electron chi connectivity index (χ1n) is 5.94. The molecule has 4 heteroatoms. The second-order valence-electron chi connectivity index (χ2n) is 4.63. The Morgan fingerprint density at radius 1 is 1.56 bits per heavy atom. The number of benzene rings is 1. The van der Waals surface area contributed by atoms with Gasteiger partial charge in [0.2, 0.25) is 5.91 Å². The fourth-order valence-electron chi connectivity index (χ4n) is 1.85. The van der Waals surface area contributed by atoms with Crippen LogP contribution >= 0.6 is 11.6 Å². The van der Waals surface area contributed by atoms with Crippen LogP contribution in [0.1, 0.15) is 11.1 Å². The summed E-state index contributed by atoms with van der Waals surface area (Å²) in [6, 6.07) is 5.70. The molecule has 1 aromatic carbocycles. The SMILES string of the molecule is Cc1ccc(C=CC(=O)N2CC(CO)C2)cc1Cl. The van der Waals surface area contributed by atoms with Gasteiger partial charge in [0.05, 0.1) is 0 Å². The monoisotopic (exact) mass is 265 g/mol. The number of rotatable bonds is 3. The quantitative estimate of drug-likeness (QED) is 0.851. The molecule has 0 atom stereocenters. The van der Waals surface area contributed by atoms with Crippen LogP contribution in [-0.4, -0.2) is 35.6 Å². The van der Waals surface area contributed by atoms with Crippen molar-refractivity contribution in [3.8, 4) is 0 Å². The van der Waals surface area contributed by atoms with E-state index in [9.17, 15) is 4.79 Å². The highest BCUT2D eigenvalue weighted by molar-refractivity contribution is 6.31. The zero-order valence-corrected chi connectivity index (χ0v) is 11.0. The van der Waals surface area contributed by atoms with E-state index in [4.69, 9.17) is 16.7 Å². The topological polar surface area (TPSA) is 40.5 Å². The zero-order valence-electron chi connectivity index (χ0n) is 10.3. The van der Waals surface area contributed by atoms with E-state index in [1.54, 1.807) is 17.1 Å². The summed E-state index contributed by atoms with van der Waals surface area (Å²) in [6.45, 7) is 3.39. The average molecular weight is 266 g/mol. The lowest BCUT2D eigenvalue weighted by Crippen LogP contribution is -2.50. The summed E-state index contributed by atoms with van der Waals surface area (Å²) < 4.78 is 0. The van der Waals surface area contributed by atoms with Gasteiger partial charge in [-0.1, -0.05) is 23.7 Å². The van der Waals surface area contributed by atoms with E-state index in [-0.39, 0.29) is 18.4 Å². The summed E-state index contributed by atoms with van der Waals surface area (Å²) in [5.74, 6) is 0.229. The molecule has 1 aromatic rings. The van der Waals surface area contributed by atoms with Gasteiger partial charge >= 0.3 is 0 Å². The molecule has 0 spiro atoms. The third-order valence-corrected chi connectivity index (χ3v) is 3.55. The van der Waals surface area contributed by atoms with Crippen LogP contribution in [-0.2, 0) is 4.79 Å². The van der Waals surface area contributed by atoms with E-state index in [0.29, 0.717) is 18.1 Å². The van der Waals surface area contributed by atoms with Gasteiger partial charge in [-0.25, -0.2) is 0 Å². The van der Waals surface area contributed by atoms with Crippen LogP contribution < -0.4 is 0 Å². The summed E-state index contributed by atoms with van der Waals surface area (Å²) in [4.78, 5) is 13.5. The Morgan fingerprint density at radius 3 is 2.89 bits per heavy atom. The van der Waals surface area contributed by atoms with Crippen molar-refractivity contribution in [2.75, 3.05) is 19.7 Å². The predicted molar refractivity (Wildman–Crippen MR) is 72.4 cm³/mol. The van der Waals surface area contributed by atoms with E-state index >= 15 is 0 Å². The van der Waals surface area contributed by atoms with Gasteiger partial charge in [-0.15, -0.1) is 0 Å². The van der Waals surface area contributed by atoms with Crippen LogP contribution in [0.5, 0.6) is 0 Å². The second kappa shape index (κ2) is 5.55. The van der Waals surface area contributed by atoms with Crippen molar-refractivity contribution in [1.29, 1.82) is 0 Å². The zero-order chi connectivity index (χ0) is 13.1. The molecule has 1 heterocycles. The van der Waals surface area contributed by atoms with Gasteiger partial charge in [0.1, 0.15) is 0 Å². The molecule has 96 valence electrons. The molecule has 1 fully saturated rings. The summed E-state index contributed by atoms with van der Waals surface area (Å²) >= 11 is 6.01. The van der Waals surface area contributed by atoms with Crippen LogP contribution in [0.3, 0.4) is 0 Å². The van der Waals surface area contributed by atoms with Crippen molar-refractivity contribution < 1.29 is 9.90 Å². The lowest BCUT2D eigenvalue weighted by molar-refractivity contribution is -0.132.